The molecule has 1 heterocycles. The number of anilines is 1. The highest BCUT2D eigenvalue weighted by Gasteiger charge is 2.18. The van der Waals surface area contributed by atoms with Gasteiger partial charge in [-0.3, -0.25) is 4.72 Å². The number of carbonyl (C=O) groups is 1. The lowest BCUT2D eigenvalue weighted by Gasteiger charge is -2.14. The molecule has 0 unspecified atom stereocenters. The normalized spacial score (nSPS) is 12.6. The van der Waals surface area contributed by atoms with Crippen molar-refractivity contribution in [1.29, 1.82) is 0 Å². The number of hydrogen-bond donors (Lipinski definition) is 3. The van der Waals surface area contributed by atoms with E-state index in [0.29, 0.717) is 11.4 Å². The number of aromatic carboxylic acids is 1. The van der Waals surface area contributed by atoms with Gasteiger partial charge in [0.15, 0.2) is 0 Å². The fourth-order valence-electron chi connectivity index (χ4n) is 1.82. The SMILES string of the molecule is CC[C@@H](C)Oc1cccc(NS(=O)(=O)c2c[nH]c(C(=O)O)c2)c1. The molecule has 0 aliphatic heterocycles. The van der Waals surface area contributed by atoms with Crippen molar-refractivity contribution < 1.29 is 23.1 Å². The first-order chi connectivity index (χ1) is 10.8. The van der Waals surface area contributed by atoms with Crippen LogP contribution in [0.2, 0.25) is 0 Å². The molecule has 1 atom stereocenters. The summed E-state index contributed by atoms with van der Waals surface area (Å²) in [7, 11) is -3.88. The second-order valence-corrected chi connectivity index (χ2v) is 6.71. The zero-order valence-electron chi connectivity index (χ0n) is 12.7. The van der Waals surface area contributed by atoms with Crippen LogP contribution in [-0.4, -0.2) is 30.6 Å². The van der Waals surface area contributed by atoms with Crippen molar-refractivity contribution in [2.45, 2.75) is 31.3 Å². The summed E-state index contributed by atoms with van der Waals surface area (Å²) in [6.07, 6.45) is 1.98. The molecule has 2 aromatic rings. The fourth-order valence-corrected chi connectivity index (χ4v) is 2.86. The molecular formula is C15H18N2O5S. The molecule has 0 spiro atoms. The van der Waals surface area contributed by atoms with Gasteiger partial charge in [0.25, 0.3) is 10.0 Å². The number of aromatic nitrogens is 1. The van der Waals surface area contributed by atoms with Gasteiger partial charge in [0.05, 0.1) is 11.8 Å². The van der Waals surface area contributed by atoms with Gasteiger partial charge in [-0.2, -0.15) is 0 Å². The highest BCUT2D eigenvalue weighted by molar-refractivity contribution is 7.92. The lowest BCUT2D eigenvalue weighted by atomic mass is 10.3. The summed E-state index contributed by atoms with van der Waals surface area (Å²) >= 11 is 0. The molecule has 0 aliphatic rings. The monoisotopic (exact) mass is 338 g/mol. The van der Waals surface area contributed by atoms with Crippen LogP contribution in [0.3, 0.4) is 0 Å². The van der Waals surface area contributed by atoms with Crippen molar-refractivity contribution in [2.24, 2.45) is 0 Å². The highest BCUT2D eigenvalue weighted by Crippen LogP contribution is 2.22. The second-order valence-electron chi connectivity index (χ2n) is 5.02. The van der Waals surface area contributed by atoms with Crippen LogP contribution in [0.4, 0.5) is 5.69 Å². The molecule has 2 rings (SSSR count). The molecule has 0 saturated heterocycles. The molecule has 8 heteroatoms. The van der Waals surface area contributed by atoms with Crippen molar-refractivity contribution in [3.8, 4) is 5.75 Å². The van der Waals surface area contributed by atoms with E-state index in [-0.39, 0.29) is 16.7 Å². The van der Waals surface area contributed by atoms with E-state index in [1.807, 2.05) is 13.8 Å². The molecule has 0 aliphatic carbocycles. The van der Waals surface area contributed by atoms with E-state index in [4.69, 9.17) is 9.84 Å². The number of ether oxygens (including phenoxy) is 1. The number of aromatic amines is 1. The van der Waals surface area contributed by atoms with Gasteiger partial charge in [0.1, 0.15) is 16.3 Å². The molecule has 124 valence electrons. The third-order valence-electron chi connectivity index (χ3n) is 3.20. The molecule has 23 heavy (non-hydrogen) atoms. The van der Waals surface area contributed by atoms with Gasteiger partial charge >= 0.3 is 5.97 Å². The summed E-state index contributed by atoms with van der Waals surface area (Å²) in [5, 5.41) is 8.83. The quantitative estimate of drug-likeness (QED) is 0.719. The number of sulfonamides is 1. The third kappa shape index (κ3) is 4.26. The minimum absolute atomic E-state index is 0.0182. The molecule has 0 saturated carbocycles. The van der Waals surface area contributed by atoms with Gasteiger partial charge < -0.3 is 14.8 Å². The average Bonchev–Trinajstić information content (AvgIpc) is 2.98. The first kappa shape index (κ1) is 16.9. The maximum atomic E-state index is 12.3. The van der Waals surface area contributed by atoms with Crippen LogP contribution in [0.15, 0.2) is 41.4 Å². The standard InChI is InChI=1S/C15H18N2O5S/c1-3-10(2)22-12-6-4-5-11(7-12)17-23(20,21)13-8-14(15(18)19)16-9-13/h4-10,16-17H,3H2,1-2H3,(H,18,19)/t10-/m1/s1. The minimum atomic E-state index is -3.88. The van der Waals surface area contributed by atoms with Crippen molar-refractivity contribution in [3.05, 3.63) is 42.2 Å². The van der Waals surface area contributed by atoms with Crippen LogP contribution in [-0.2, 0) is 10.0 Å². The predicted octanol–water partition coefficient (Wildman–Crippen LogP) is 2.69. The largest absolute Gasteiger partial charge is 0.491 e. The molecule has 0 bridgehead atoms. The summed E-state index contributed by atoms with van der Waals surface area (Å²) < 4.78 is 32.6. The summed E-state index contributed by atoms with van der Waals surface area (Å²) in [6.45, 7) is 3.91. The maximum Gasteiger partial charge on any atom is 0.352 e. The zero-order valence-corrected chi connectivity index (χ0v) is 13.6. The number of carboxylic acids is 1. The summed E-state index contributed by atoms with van der Waals surface area (Å²) in [6, 6.07) is 7.64. The second kappa shape index (κ2) is 6.74. The number of benzene rings is 1. The number of hydrogen-bond acceptors (Lipinski definition) is 4. The van der Waals surface area contributed by atoms with Crippen molar-refractivity contribution in [1.82, 2.24) is 4.98 Å². The zero-order chi connectivity index (χ0) is 17.0. The predicted molar refractivity (Wildman–Crippen MR) is 85.4 cm³/mol. The Morgan fingerprint density at radius 2 is 2.13 bits per heavy atom. The molecule has 7 nitrogen and oxygen atoms in total. The van der Waals surface area contributed by atoms with Crippen molar-refractivity contribution >= 4 is 21.7 Å². The molecular weight excluding hydrogens is 320 g/mol. The third-order valence-corrected chi connectivity index (χ3v) is 4.56. The van der Waals surface area contributed by atoms with Crippen LogP contribution >= 0.6 is 0 Å². The van der Waals surface area contributed by atoms with E-state index in [1.54, 1.807) is 24.3 Å². The Kier molecular flexibility index (Phi) is 4.95. The smallest absolute Gasteiger partial charge is 0.352 e. The Morgan fingerprint density at radius 3 is 2.74 bits per heavy atom. The van der Waals surface area contributed by atoms with Crippen LogP contribution in [0.1, 0.15) is 30.8 Å². The molecule has 0 amide bonds. The van der Waals surface area contributed by atoms with Gasteiger partial charge in [-0.05, 0) is 31.5 Å². The van der Waals surface area contributed by atoms with E-state index in [0.717, 1.165) is 18.7 Å². The van der Waals surface area contributed by atoms with E-state index in [2.05, 4.69) is 9.71 Å². The Bertz CT molecular complexity index is 798. The van der Waals surface area contributed by atoms with Gasteiger partial charge in [-0.25, -0.2) is 13.2 Å². The average molecular weight is 338 g/mol. The van der Waals surface area contributed by atoms with E-state index >= 15 is 0 Å². The van der Waals surface area contributed by atoms with Gasteiger partial charge in [0.2, 0.25) is 0 Å². The van der Waals surface area contributed by atoms with Gasteiger partial charge in [0, 0.05) is 12.3 Å². The Morgan fingerprint density at radius 1 is 1.39 bits per heavy atom. The van der Waals surface area contributed by atoms with Crippen molar-refractivity contribution in [2.75, 3.05) is 4.72 Å². The Hall–Kier alpha value is -2.48. The molecule has 1 aromatic heterocycles. The maximum absolute atomic E-state index is 12.3. The van der Waals surface area contributed by atoms with Crippen LogP contribution in [0.25, 0.3) is 0 Å². The van der Waals surface area contributed by atoms with Crippen LogP contribution in [0, 0.1) is 0 Å². The van der Waals surface area contributed by atoms with E-state index in [9.17, 15) is 13.2 Å². The number of H-pyrrole nitrogens is 1. The molecule has 0 fully saturated rings. The molecule has 1 aromatic carbocycles. The Labute approximate surface area is 134 Å². The topological polar surface area (TPSA) is 108 Å². The fraction of sp³-hybridized carbons (Fsp3) is 0.267. The van der Waals surface area contributed by atoms with E-state index in [1.165, 1.54) is 0 Å². The number of rotatable bonds is 7. The number of carboxylic acid groups (broad SMARTS) is 1. The van der Waals surface area contributed by atoms with Gasteiger partial charge in [-0.15, -0.1) is 0 Å². The Balaban J connectivity index is 2.19. The highest BCUT2D eigenvalue weighted by atomic mass is 32.2. The first-order valence-corrected chi connectivity index (χ1v) is 8.51. The summed E-state index contributed by atoms with van der Waals surface area (Å²) in [5.74, 6) is -0.671. The van der Waals surface area contributed by atoms with Crippen LogP contribution in [0.5, 0.6) is 5.75 Å². The van der Waals surface area contributed by atoms with Crippen molar-refractivity contribution in [3.63, 3.8) is 0 Å². The number of nitrogens with one attached hydrogen (secondary N) is 2. The molecule has 0 radical (unpaired) electrons. The summed E-state index contributed by atoms with van der Waals surface area (Å²) in [5.41, 5.74) is 0.142. The lowest BCUT2D eigenvalue weighted by Crippen LogP contribution is -2.13. The summed E-state index contributed by atoms with van der Waals surface area (Å²) in [4.78, 5) is 13.1. The first-order valence-electron chi connectivity index (χ1n) is 7.03. The van der Waals surface area contributed by atoms with Crippen LogP contribution < -0.4 is 9.46 Å². The molecule has 3 N–H and O–H groups in total. The van der Waals surface area contributed by atoms with E-state index < -0.39 is 16.0 Å². The minimum Gasteiger partial charge on any atom is -0.491 e. The van der Waals surface area contributed by atoms with Gasteiger partial charge in [-0.1, -0.05) is 13.0 Å². The lowest BCUT2D eigenvalue weighted by molar-refractivity contribution is 0.0691.